The fourth-order valence-corrected chi connectivity index (χ4v) is 3.10. The number of unbranched alkanes of at least 4 members (excludes halogenated alkanes) is 4. The Morgan fingerprint density at radius 1 is 1.14 bits per heavy atom. The summed E-state index contributed by atoms with van der Waals surface area (Å²) in [6.07, 6.45) is 8.78. The van der Waals surface area contributed by atoms with E-state index in [9.17, 15) is 4.79 Å². The van der Waals surface area contributed by atoms with Gasteiger partial charge in [-0.3, -0.25) is 0 Å². The molecule has 1 aliphatic rings. The van der Waals surface area contributed by atoms with E-state index < -0.39 is 6.16 Å². The predicted octanol–water partition coefficient (Wildman–Crippen LogP) is 5.57. The molecule has 0 aromatic heterocycles. The van der Waals surface area contributed by atoms with Crippen LogP contribution < -0.4 is 0 Å². The van der Waals surface area contributed by atoms with E-state index in [-0.39, 0.29) is 6.10 Å². The van der Waals surface area contributed by atoms with Gasteiger partial charge in [-0.25, -0.2) is 4.79 Å². The van der Waals surface area contributed by atoms with Crippen LogP contribution in [0.4, 0.5) is 4.79 Å². The first kappa shape index (κ1) is 18.3. The van der Waals surface area contributed by atoms with Crippen LogP contribution in [0, 0.1) is 17.8 Å². The van der Waals surface area contributed by atoms with Gasteiger partial charge in [0.25, 0.3) is 0 Å². The van der Waals surface area contributed by atoms with E-state index in [0.29, 0.717) is 24.4 Å². The summed E-state index contributed by atoms with van der Waals surface area (Å²) >= 11 is 0. The van der Waals surface area contributed by atoms with Crippen LogP contribution in [0.5, 0.6) is 0 Å². The molecule has 124 valence electrons. The molecule has 3 unspecified atom stereocenters. The van der Waals surface area contributed by atoms with Gasteiger partial charge in [-0.2, -0.15) is 0 Å². The van der Waals surface area contributed by atoms with Crippen molar-refractivity contribution in [1.82, 2.24) is 0 Å². The molecular formula is C18H34O3. The number of hydrogen-bond donors (Lipinski definition) is 0. The van der Waals surface area contributed by atoms with E-state index in [1.165, 1.54) is 25.7 Å². The van der Waals surface area contributed by atoms with E-state index in [1.54, 1.807) is 0 Å². The minimum atomic E-state index is -0.466. The summed E-state index contributed by atoms with van der Waals surface area (Å²) in [5.41, 5.74) is 0. The van der Waals surface area contributed by atoms with Crippen LogP contribution in [0.2, 0.25) is 0 Å². The van der Waals surface area contributed by atoms with E-state index in [2.05, 4.69) is 27.7 Å². The molecule has 0 bridgehead atoms. The zero-order valence-electron chi connectivity index (χ0n) is 14.4. The second kappa shape index (κ2) is 10.1. The molecule has 0 aromatic carbocycles. The third kappa shape index (κ3) is 7.19. The third-order valence-corrected chi connectivity index (χ3v) is 4.82. The van der Waals surface area contributed by atoms with Gasteiger partial charge in [-0.15, -0.1) is 0 Å². The zero-order valence-corrected chi connectivity index (χ0v) is 14.4. The first-order chi connectivity index (χ1) is 10.0. The Balaban J connectivity index is 2.20. The molecule has 0 aliphatic heterocycles. The van der Waals surface area contributed by atoms with E-state index >= 15 is 0 Å². The summed E-state index contributed by atoms with van der Waals surface area (Å²) in [4.78, 5) is 11.8. The van der Waals surface area contributed by atoms with Crippen LogP contribution >= 0.6 is 0 Å². The minimum absolute atomic E-state index is 0.0405. The molecular weight excluding hydrogens is 264 g/mol. The minimum Gasteiger partial charge on any atom is -0.434 e. The molecule has 1 aliphatic carbocycles. The van der Waals surface area contributed by atoms with Crippen molar-refractivity contribution in [2.24, 2.45) is 17.8 Å². The monoisotopic (exact) mass is 298 g/mol. The summed E-state index contributed by atoms with van der Waals surface area (Å²) in [7, 11) is 0. The van der Waals surface area contributed by atoms with Crippen LogP contribution in [-0.2, 0) is 9.47 Å². The number of rotatable bonds is 8. The molecule has 1 rings (SSSR count). The number of carbonyl (C=O) groups is 1. The van der Waals surface area contributed by atoms with Crippen molar-refractivity contribution < 1.29 is 14.3 Å². The van der Waals surface area contributed by atoms with Gasteiger partial charge in [0.05, 0.1) is 6.61 Å². The number of ether oxygens (including phenoxy) is 2. The maximum absolute atomic E-state index is 11.8. The number of carbonyl (C=O) groups excluding carboxylic acids is 1. The first-order valence-corrected chi connectivity index (χ1v) is 8.88. The fraction of sp³-hybridized carbons (Fsp3) is 0.944. The Labute approximate surface area is 130 Å². The summed E-state index contributed by atoms with van der Waals surface area (Å²) in [6.45, 7) is 9.39. The quantitative estimate of drug-likeness (QED) is 0.434. The zero-order chi connectivity index (χ0) is 15.7. The highest BCUT2D eigenvalue weighted by Crippen LogP contribution is 2.35. The van der Waals surface area contributed by atoms with Crippen LogP contribution in [0.15, 0.2) is 0 Å². The van der Waals surface area contributed by atoms with Crippen molar-refractivity contribution >= 4 is 6.16 Å². The van der Waals surface area contributed by atoms with Crippen molar-refractivity contribution in [3.05, 3.63) is 0 Å². The summed E-state index contributed by atoms with van der Waals surface area (Å²) in [6, 6.07) is 0. The van der Waals surface area contributed by atoms with Gasteiger partial charge in [-0.05, 0) is 43.4 Å². The van der Waals surface area contributed by atoms with Crippen LogP contribution in [0.25, 0.3) is 0 Å². The van der Waals surface area contributed by atoms with Crippen LogP contribution in [0.3, 0.4) is 0 Å². The van der Waals surface area contributed by atoms with Crippen molar-refractivity contribution in [3.8, 4) is 0 Å². The molecule has 1 fully saturated rings. The second-order valence-corrected chi connectivity index (χ2v) is 6.96. The molecule has 0 aromatic rings. The first-order valence-electron chi connectivity index (χ1n) is 8.88. The lowest BCUT2D eigenvalue weighted by molar-refractivity contribution is -0.0239. The van der Waals surface area contributed by atoms with Gasteiger partial charge in [-0.1, -0.05) is 53.4 Å². The second-order valence-electron chi connectivity index (χ2n) is 6.96. The van der Waals surface area contributed by atoms with Gasteiger partial charge in [0.1, 0.15) is 6.10 Å². The van der Waals surface area contributed by atoms with Gasteiger partial charge in [0.2, 0.25) is 0 Å². The van der Waals surface area contributed by atoms with Gasteiger partial charge >= 0.3 is 6.16 Å². The average molecular weight is 298 g/mol. The highest BCUT2D eigenvalue weighted by molar-refractivity contribution is 5.60. The topological polar surface area (TPSA) is 35.5 Å². The Morgan fingerprint density at radius 2 is 1.86 bits per heavy atom. The van der Waals surface area contributed by atoms with Gasteiger partial charge in [0, 0.05) is 0 Å². The maximum Gasteiger partial charge on any atom is 0.508 e. The molecule has 3 heteroatoms. The van der Waals surface area contributed by atoms with Crippen molar-refractivity contribution in [3.63, 3.8) is 0 Å². The Morgan fingerprint density at radius 3 is 2.52 bits per heavy atom. The SMILES string of the molecule is CCCCCCCOC(=O)OC1CC(C(C)C)CCC1C. The van der Waals surface area contributed by atoms with Gasteiger partial charge < -0.3 is 9.47 Å². The molecule has 0 N–H and O–H groups in total. The smallest absolute Gasteiger partial charge is 0.434 e. The lowest BCUT2D eigenvalue weighted by Gasteiger charge is -2.35. The highest BCUT2D eigenvalue weighted by Gasteiger charge is 2.32. The molecule has 0 saturated heterocycles. The van der Waals surface area contributed by atoms with Crippen molar-refractivity contribution in [2.45, 2.75) is 85.2 Å². The largest absolute Gasteiger partial charge is 0.508 e. The lowest BCUT2D eigenvalue weighted by Crippen LogP contribution is -2.34. The predicted molar refractivity (Wildman–Crippen MR) is 86.3 cm³/mol. The standard InChI is InChI=1S/C18H34O3/c1-5-6-7-8-9-12-20-18(19)21-17-13-16(14(2)3)11-10-15(17)4/h14-17H,5-13H2,1-4H3. The molecule has 3 atom stereocenters. The normalized spacial score (nSPS) is 25.9. The molecule has 0 radical (unpaired) electrons. The van der Waals surface area contributed by atoms with Gasteiger partial charge in [0.15, 0.2) is 0 Å². The third-order valence-electron chi connectivity index (χ3n) is 4.82. The molecule has 3 nitrogen and oxygen atoms in total. The van der Waals surface area contributed by atoms with E-state index in [0.717, 1.165) is 25.7 Å². The Kier molecular flexibility index (Phi) is 8.79. The molecule has 0 amide bonds. The molecule has 21 heavy (non-hydrogen) atoms. The highest BCUT2D eigenvalue weighted by atomic mass is 16.7. The summed E-state index contributed by atoms with van der Waals surface area (Å²) in [5.74, 6) is 1.79. The number of hydrogen-bond acceptors (Lipinski definition) is 3. The molecule has 0 heterocycles. The van der Waals surface area contributed by atoms with E-state index in [1.807, 2.05) is 0 Å². The molecule has 0 spiro atoms. The van der Waals surface area contributed by atoms with Crippen LogP contribution in [0.1, 0.15) is 79.1 Å². The Hall–Kier alpha value is -0.730. The summed E-state index contributed by atoms with van der Waals surface area (Å²) in [5, 5.41) is 0. The summed E-state index contributed by atoms with van der Waals surface area (Å²) < 4.78 is 10.8. The molecule has 1 saturated carbocycles. The van der Waals surface area contributed by atoms with Crippen molar-refractivity contribution in [1.29, 1.82) is 0 Å². The average Bonchev–Trinajstić information content (AvgIpc) is 2.44. The van der Waals surface area contributed by atoms with E-state index in [4.69, 9.17) is 9.47 Å². The lowest BCUT2D eigenvalue weighted by atomic mass is 9.76. The van der Waals surface area contributed by atoms with Crippen molar-refractivity contribution in [2.75, 3.05) is 6.61 Å². The van der Waals surface area contributed by atoms with Crippen LogP contribution in [-0.4, -0.2) is 18.9 Å². The maximum atomic E-state index is 11.8. The Bertz CT molecular complexity index is 288. The fourth-order valence-electron chi connectivity index (χ4n) is 3.10.